The molecule has 2 N–H and O–H groups in total. The number of nitrogens with zero attached hydrogens (tertiary/aromatic N) is 2. The van der Waals surface area contributed by atoms with Gasteiger partial charge in [0.25, 0.3) is 0 Å². The van der Waals surface area contributed by atoms with Crippen LogP contribution in [0, 0.1) is 5.92 Å². The number of carboxylic acid groups (broad SMARTS) is 1. The number of hydrogen-bond donors (Lipinski definition) is 2. The number of carboxylic acids is 1. The molecular formula is C29H25N3O6. The number of nitrogens with one attached hydrogen (secondary N) is 1. The Hall–Kier alpha value is -4.66. The Morgan fingerprint density at radius 3 is 2.66 bits per heavy atom. The zero-order valence-corrected chi connectivity index (χ0v) is 20.7. The van der Waals surface area contributed by atoms with Crippen LogP contribution in [0.1, 0.15) is 46.0 Å². The number of ketones is 1. The molecule has 192 valence electrons. The van der Waals surface area contributed by atoms with E-state index >= 15 is 0 Å². The van der Waals surface area contributed by atoms with Crippen molar-refractivity contribution >= 4 is 45.7 Å². The first-order chi connectivity index (χ1) is 18.5. The van der Waals surface area contributed by atoms with E-state index in [0.29, 0.717) is 64.4 Å². The van der Waals surface area contributed by atoms with E-state index in [1.54, 1.807) is 25.1 Å². The van der Waals surface area contributed by atoms with Gasteiger partial charge in [-0.15, -0.1) is 0 Å². The van der Waals surface area contributed by atoms with Crippen LogP contribution in [0.3, 0.4) is 0 Å². The summed E-state index contributed by atoms with van der Waals surface area (Å²) in [5.41, 5.74) is 4.32. The summed E-state index contributed by atoms with van der Waals surface area (Å²) in [6.07, 6.45) is 1.55. The van der Waals surface area contributed by atoms with E-state index in [-0.39, 0.29) is 23.2 Å². The van der Waals surface area contributed by atoms with Crippen LogP contribution in [-0.4, -0.2) is 47.7 Å². The van der Waals surface area contributed by atoms with Gasteiger partial charge in [-0.1, -0.05) is 29.4 Å². The lowest BCUT2D eigenvalue weighted by atomic mass is 9.86. The summed E-state index contributed by atoms with van der Waals surface area (Å²) in [5, 5.41) is 17.6. The molecule has 9 nitrogen and oxygen atoms in total. The number of hydrogen-bond acceptors (Lipinski definition) is 8. The van der Waals surface area contributed by atoms with Gasteiger partial charge in [-0.2, -0.15) is 0 Å². The highest BCUT2D eigenvalue weighted by atomic mass is 16.5. The second kappa shape index (κ2) is 9.33. The van der Waals surface area contributed by atoms with E-state index < -0.39 is 5.97 Å². The average molecular weight is 512 g/mol. The standard InChI is InChI=1S/C29H25N3O6/c1-2-37-29(36)17-6-5-13-32(15-17)22-14-21(30-18-11-9-16(10-12-18)28(34)35)23-24-25(22)31-38-27(24)20-8-4-3-7-19(20)26(23)33/h3-4,7-12,14,17,30H,2,5-6,13,15H2,1H3,(H,34,35)/t17-/m0/s1. The first kappa shape index (κ1) is 23.7. The van der Waals surface area contributed by atoms with Gasteiger partial charge in [0.2, 0.25) is 0 Å². The number of anilines is 3. The van der Waals surface area contributed by atoms with Crippen molar-refractivity contribution < 1.29 is 28.8 Å². The molecule has 0 unspecified atom stereocenters. The Kier molecular flexibility index (Phi) is 5.83. The average Bonchev–Trinajstić information content (AvgIpc) is 3.38. The summed E-state index contributed by atoms with van der Waals surface area (Å²) < 4.78 is 11.1. The molecule has 1 aliphatic heterocycles. The van der Waals surface area contributed by atoms with Crippen molar-refractivity contribution in [3.05, 3.63) is 71.3 Å². The summed E-state index contributed by atoms with van der Waals surface area (Å²) in [6.45, 7) is 3.31. The monoisotopic (exact) mass is 511 g/mol. The number of carbonyl (C=O) groups is 3. The van der Waals surface area contributed by atoms with Crippen molar-refractivity contribution in [3.63, 3.8) is 0 Å². The number of esters is 1. The lowest BCUT2D eigenvalue weighted by molar-refractivity contribution is -0.148. The summed E-state index contributed by atoms with van der Waals surface area (Å²) >= 11 is 0. The smallest absolute Gasteiger partial charge is 0.335 e. The maximum Gasteiger partial charge on any atom is 0.335 e. The van der Waals surface area contributed by atoms with Crippen LogP contribution in [0.2, 0.25) is 0 Å². The van der Waals surface area contributed by atoms with Crippen molar-refractivity contribution in [2.24, 2.45) is 5.92 Å². The molecule has 0 radical (unpaired) electrons. The Bertz CT molecular complexity index is 1590. The van der Waals surface area contributed by atoms with Gasteiger partial charge in [0.05, 0.1) is 40.4 Å². The van der Waals surface area contributed by atoms with E-state index in [1.807, 2.05) is 24.3 Å². The number of piperidine rings is 1. The molecule has 0 saturated carbocycles. The van der Waals surface area contributed by atoms with E-state index in [4.69, 9.17) is 9.26 Å². The molecule has 1 fully saturated rings. The molecule has 0 spiro atoms. The Labute approximate surface area is 218 Å². The van der Waals surface area contributed by atoms with Gasteiger partial charge in [0.15, 0.2) is 11.5 Å². The van der Waals surface area contributed by atoms with Crippen LogP contribution < -0.4 is 10.2 Å². The molecule has 1 aromatic heterocycles. The quantitative estimate of drug-likeness (QED) is 0.294. The molecule has 6 rings (SSSR count). The maximum absolute atomic E-state index is 13.8. The fourth-order valence-electron chi connectivity index (χ4n) is 5.38. The van der Waals surface area contributed by atoms with Gasteiger partial charge >= 0.3 is 11.9 Å². The lowest BCUT2D eigenvalue weighted by Crippen LogP contribution is -2.39. The van der Waals surface area contributed by atoms with Crippen molar-refractivity contribution in [3.8, 4) is 11.3 Å². The number of aromatic nitrogens is 1. The predicted octanol–water partition coefficient (Wildman–Crippen LogP) is 5.26. The lowest BCUT2D eigenvalue weighted by Gasteiger charge is -2.34. The molecule has 38 heavy (non-hydrogen) atoms. The summed E-state index contributed by atoms with van der Waals surface area (Å²) in [7, 11) is 0. The molecule has 2 aliphatic rings. The molecule has 1 saturated heterocycles. The van der Waals surface area contributed by atoms with E-state index in [0.717, 1.165) is 18.5 Å². The van der Waals surface area contributed by atoms with Crippen LogP contribution in [0.5, 0.6) is 0 Å². The fourth-order valence-corrected chi connectivity index (χ4v) is 5.38. The Morgan fingerprint density at radius 2 is 1.92 bits per heavy atom. The summed E-state index contributed by atoms with van der Waals surface area (Å²) in [6, 6.07) is 15.5. The van der Waals surface area contributed by atoms with Crippen molar-refractivity contribution in [2.75, 3.05) is 29.9 Å². The molecule has 0 bridgehead atoms. The van der Waals surface area contributed by atoms with Crippen LogP contribution in [0.25, 0.3) is 22.2 Å². The van der Waals surface area contributed by atoms with Crippen molar-refractivity contribution in [1.82, 2.24) is 5.16 Å². The normalized spacial score (nSPS) is 16.3. The number of ether oxygens (including phenoxy) is 1. The Balaban J connectivity index is 1.50. The molecule has 3 aromatic carbocycles. The number of fused-ring (bicyclic) bond motifs is 2. The van der Waals surface area contributed by atoms with Gasteiger partial charge < -0.3 is 24.6 Å². The molecule has 1 atom stereocenters. The highest BCUT2D eigenvalue weighted by Gasteiger charge is 2.35. The second-order valence-corrected chi connectivity index (χ2v) is 9.47. The minimum absolute atomic E-state index is 0.152. The van der Waals surface area contributed by atoms with Crippen LogP contribution in [0.4, 0.5) is 17.1 Å². The minimum atomic E-state index is -1.02. The van der Waals surface area contributed by atoms with E-state index in [1.165, 1.54) is 12.1 Å². The SMILES string of the molecule is CCOC(=O)[C@H]1CCCN(c2cc(Nc3ccc(C(=O)O)cc3)c3c4c(onc24)-c2ccccc2C3=O)C1. The largest absolute Gasteiger partial charge is 0.478 e. The van der Waals surface area contributed by atoms with Gasteiger partial charge in [-0.25, -0.2) is 4.79 Å². The number of aromatic carboxylic acids is 1. The third kappa shape index (κ3) is 3.87. The van der Waals surface area contributed by atoms with Crippen LogP contribution >= 0.6 is 0 Å². The van der Waals surface area contributed by atoms with Crippen molar-refractivity contribution in [1.29, 1.82) is 0 Å². The summed E-state index contributed by atoms with van der Waals surface area (Å²) in [4.78, 5) is 39.7. The van der Waals surface area contributed by atoms with Crippen molar-refractivity contribution in [2.45, 2.75) is 19.8 Å². The van der Waals surface area contributed by atoms with Gasteiger partial charge in [0.1, 0.15) is 5.52 Å². The van der Waals surface area contributed by atoms with E-state index in [2.05, 4.69) is 15.4 Å². The van der Waals surface area contributed by atoms with Gasteiger partial charge in [-0.3, -0.25) is 9.59 Å². The third-order valence-corrected chi connectivity index (χ3v) is 7.17. The molecule has 9 heteroatoms. The van der Waals surface area contributed by atoms with Gasteiger partial charge in [-0.05, 0) is 50.1 Å². The molecule has 2 heterocycles. The number of carbonyl (C=O) groups excluding carboxylic acids is 2. The predicted molar refractivity (Wildman–Crippen MR) is 141 cm³/mol. The topological polar surface area (TPSA) is 122 Å². The van der Waals surface area contributed by atoms with Crippen LogP contribution in [0.15, 0.2) is 59.1 Å². The first-order valence-electron chi connectivity index (χ1n) is 12.6. The Morgan fingerprint density at radius 1 is 1.16 bits per heavy atom. The molecule has 4 aromatic rings. The highest BCUT2D eigenvalue weighted by Crippen LogP contribution is 2.46. The third-order valence-electron chi connectivity index (χ3n) is 7.17. The summed E-state index contributed by atoms with van der Waals surface area (Å²) in [5.74, 6) is -1.12. The van der Waals surface area contributed by atoms with Gasteiger partial charge in [0, 0.05) is 29.9 Å². The first-order valence-corrected chi connectivity index (χ1v) is 12.6. The second-order valence-electron chi connectivity index (χ2n) is 9.47. The zero-order chi connectivity index (χ0) is 26.4. The molecule has 1 aliphatic carbocycles. The maximum atomic E-state index is 13.8. The zero-order valence-electron chi connectivity index (χ0n) is 20.7. The fraction of sp³-hybridized carbons (Fsp3) is 0.241. The number of rotatable bonds is 6. The highest BCUT2D eigenvalue weighted by molar-refractivity contribution is 6.28. The number of benzene rings is 3. The van der Waals surface area contributed by atoms with Crippen LogP contribution in [-0.2, 0) is 9.53 Å². The molecular weight excluding hydrogens is 486 g/mol. The minimum Gasteiger partial charge on any atom is -0.478 e. The van der Waals surface area contributed by atoms with E-state index in [9.17, 15) is 19.5 Å². The molecule has 0 amide bonds.